The molecule has 1 heterocycles. The zero-order chi connectivity index (χ0) is 18.6. The minimum Gasteiger partial charge on any atom is -0.347 e. The molecule has 0 radical (unpaired) electrons. The third kappa shape index (κ3) is 5.31. The van der Waals surface area contributed by atoms with E-state index >= 15 is 0 Å². The van der Waals surface area contributed by atoms with Gasteiger partial charge in [-0.3, -0.25) is 9.59 Å². The Kier molecular flexibility index (Phi) is 6.62. The minimum atomic E-state index is -0.606. The van der Waals surface area contributed by atoms with Gasteiger partial charge in [0.15, 0.2) is 0 Å². The standard InChI is InChI=1S/C19H23ClN2O2S/c1-11(2)17(22-18(23)14-7-5-6-12(3)10-14)19(24)21-13(4)15-8-9-16(20)25-15/h5-11,13,17H,1-4H3,(H,21,24)(H,22,23). The highest BCUT2D eigenvalue weighted by atomic mass is 35.5. The molecule has 6 heteroatoms. The smallest absolute Gasteiger partial charge is 0.251 e. The summed E-state index contributed by atoms with van der Waals surface area (Å²) in [4.78, 5) is 26.1. The topological polar surface area (TPSA) is 58.2 Å². The minimum absolute atomic E-state index is 0.0344. The van der Waals surface area contributed by atoms with Crippen molar-refractivity contribution >= 4 is 34.8 Å². The number of carbonyl (C=O) groups is 2. The van der Waals surface area contributed by atoms with E-state index in [0.29, 0.717) is 9.90 Å². The van der Waals surface area contributed by atoms with E-state index in [-0.39, 0.29) is 23.8 Å². The van der Waals surface area contributed by atoms with Crippen LogP contribution in [-0.2, 0) is 4.79 Å². The summed E-state index contributed by atoms with van der Waals surface area (Å²) in [5.74, 6) is -0.481. The number of hydrogen-bond donors (Lipinski definition) is 2. The van der Waals surface area contributed by atoms with Gasteiger partial charge in [0.2, 0.25) is 5.91 Å². The number of hydrogen-bond acceptors (Lipinski definition) is 3. The Bertz CT molecular complexity index is 757. The lowest BCUT2D eigenvalue weighted by Crippen LogP contribution is -2.50. The maximum atomic E-state index is 12.7. The molecule has 2 rings (SSSR count). The highest BCUT2D eigenvalue weighted by Gasteiger charge is 2.26. The maximum Gasteiger partial charge on any atom is 0.251 e. The molecule has 2 atom stereocenters. The fraction of sp³-hybridized carbons (Fsp3) is 0.368. The third-order valence-corrected chi connectivity index (χ3v) is 5.31. The molecule has 2 aromatic rings. The van der Waals surface area contributed by atoms with Crippen molar-refractivity contribution in [3.63, 3.8) is 0 Å². The molecule has 1 aromatic carbocycles. The van der Waals surface area contributed by atoms with Crippen molar-refractivity contribution in [3.05, 3.63) is 56.7 Å². The van der Waals surface area contributed by atoms with Crippen molar-refractivity contribution in [2.75, 3.05) is 0 Å². The van der Waals surface area contributed by atoms with Crippen LogP contribution in [0.5, 0.6) is 0 Å². The zero-order valence-electron chi connectivity index (χ0n) is 14.8. The Labute approximate surface area is 157 Å². The fourth-order valence-corrected chi connectivity index (χ4v) is 3.54. The monoisotopic (exact) mass is 378 g/mol. The lowest BCUT2D eigenvalue weighted by Gasteiger charge is -2.24. The molecule has 0 aliphatic heterocycles. The Morgan fingerprint density at radius 3 is 2.36 bits per heavy atom. The van der Waals surface area contributed by atoms with Gasteiger partial charge in [-0.2, -0.15) is 0 Å². The van der Waals surface area contributed by atoms with Crippen LogP contribution in [0.2, 0.25) is 4.34 Å². The van der Waals surface area contributed by atoms with Gasteiger partial charge >= 0.3 is 0 Å². The first kappa shape index (κ1) is 19.5. The van der Waals surface area contributed by atoms with E-state index in [1.807, 2.05) is 52.0 Å². The summed E-state index contributed by atoms with van der Waals surface area (Å²) in [6, 6.07) is 10.2. The Morgan fingerprint density at radius 2 is 1.80 bits per heavy atom. The first-order chi connectivity index (χ1) is 11.8. The molecule has 0 aliphatic rings. The molecule has 0 saturated heterocycles. The maximum absolute atomic E-state index is 12.7. The van der Waals surface area contributed by atoms with E-state index in [1.54, 1.807) is 12.1 Å². The Hall–Kier alpha value is -1.85. The second kappa shape index (κ2) is 8.50. The van der Waals surface area contributed by atoms with Gasteiger partial charge < -0.3 is 10.6 Å². The molecule has 0 bridgehead atoms. The number of thiophene rings is 1. The summed E-state index contributed by atoms with van der Waals surface area (Å²) in [6.07, 6.45) is 0. The van der Waals surface area contributed by atoms with Crippen LogP contribution in [0.1, 0.15) is 47.6 Å². The molecular weight excluding hydrogens is 356 g/mol. The molecule has 0 saturated carbocycles. The predicted molar refractivity (Wildman–Crippen MR) is 103 cm³/mol. The van der Waals surface area contributed by atoms with Crippen molar-refractivity contribution in [2.24, 2.45) is 5.92 Å². The average molecular weight is 379 g/mol. The van der Waals surface area contributed by atoms with Gasteiger partial charge in [0, 0.05) is 10.4 Å². The van der Waals surface area contributed by atoms with Crippen LogP contribution in [0.4, 0.5) is 0 Å². The summed E-state index contributed by atoms with van der Waals surface area (Å²) in [7, 11) is 0. The summed E-state index contributed by atoms with van der Waals surface area (Å²) in [5.41, 5.74) is 1.55. The van der Waals surface area contributed by atoms with Gasteiger partial charge in [-0.05, 0) is 44.0 Å². The van der Waals surface area contributed by atoms with Crippen molar-refractivity contribution < 1.29 is 9.59 Å². The summed E-state index contributed by atoms with van der Waals surface area (Å²) in [5, 5.41) is 5.81. The van der Waals surface area contributed by atoms with Gasteiger partial charge in [-0.15, -0.1) is 11.3 Å². The summed E-state index contributed by atoms with van der Waals surface area (Å²) < 4.78 is 0.684. The van der Waals surface area contributed by atoms with E-state index in [9.17, 15) is 9.59 Å². The van der Waals surface area contributed by atoms with Crippen LogP contribution in [0.15, 0.2) is 36.4 Å². The Balaban J connectivity index is 2.06. The third-order valence-electron chi connectivity index (χ3n) is 3.90. The molecule has 0 fully saturated rings. The highest BCUT2D eigenvalue weighted by Crippen LogP contribution is 2.26. The van der Waals surface area contributed by atoms with Gasteiger partial charge in [0.05, 0.1) is 10.4 Å². The number of benzene rings is 1. The van der Waals surface area contributed by atoms with Crippen molar-refractivity contribution in [1.29, 1.82) is 0 Å². The van der Waals surface area contributed by atoms with Gasteiger partial charge in [-0.1, -0.05) is 43.1 Å². The molecule has 2 unspecified atom stereocenters. The highest BCUT2D eigenvalue weighted by molar-refractivity contribution is 7.16. The first-order valence-corrected chi connectivity index (χ1v) is 9.40. The van der Waals surface area contributed by atoms with E-state index in [0.717, 1.165) is 10.4 Å². The molecule has 2 N–H and O–H groups in total. The fourth-order valence-electron chi connectivity index (χ4n) is 2.48. The van der Waals surface area contributed by atoms with E-state index in [4.69, 9.17) is 11.6 Å². The molecule has 0 aliphatic carbocycles. The van der Waals surface area contributed by atoms with E-state index in [2.05, 4.69) is 10.6 Å². The first-order valence-electron chi connectivity index (χ1n) is 8.21. The normalized spacial score (nSPS) is 13.4. The number of rotatable bonds is 6. The molecule has 134 valence electrons. The average Bonchev–Trinajstić information content (AvgIpc) is 2.98. The van der Waals surface area contributed by atoms with Crippen LogP contribution in [-0.4, -0.2) is 17.9 Å². The van der Waals surface area contributed by atoms with E-state index in [1.165, 1.54) is 11.3 Å². The SMILES string of the molecule is Cc1cccc(C(=O)NC(C(=O)NC(C)c2ccc(Cl)s2)C(C)C)c1. The largest absolute Gasteiger partial charge is 0.347 e. The van der Waals surface area contributed by atoms with E-state index < -0.39 is 6.04 Å². The molecule has 25 heavy (non-hydrogen) atoms. The number of halogens is 1. The van der Waals surface area contributed by atoms with Crippen molar-refractivity contribution in [1.82, 2.24) is 10.6 Å². The number of carbonyl (C=O) groups excluding carboxylic acids is 2. The summed E-state index contributed by atoms with van der Waals surface area (Å²) >= 11 is 7.39. The van der Waals surface area contributed by atoms with Gasteiger partial charge in [0.25, 0.3) is 5.91 Å². The summed E-state index contributed by atoms with van der Waals surface area (Å²) in [6.45, 7) is 7.65. The molecule has 2 amide bonds. The van der Waals surface area contributed by atoms with Crippen molar-refractivity contribution in [3.8, 4) is 0 Å². The molecular formula is C19H23ClN2O2S. The number of amides is 2. The van der Waals surface area contributed by atoms with Crippen LogP contribution in [0.25, 0.3) is 0 Å². The predicted octanol–water partition coefficient (Wildman–Crippen LogP) is 4.34. The number of aryl methyl sites for hydroxylation is 1. The van der Waals surface area contributed by atoms with Crippen molar-refractivity contribution in [2.45, 2.75) is 39.8 Å². The Morgan fingerprint density at radius 1 is 1.08 bits per heavy atom. The molecule has 1 aromatic heterocycles. The second-order valence-corrected chi connectivity index (χ2v) is 8.18. The van der Waals surface area contributed by atoms with Crippen LogP contribution >= 0.6 is 22.9 Å². The quantitative estimate of drug-likeness (QED) is 0.785. The lowest BCUT2D eigenvalue weighted by molar-refractivity contribution is -0.124. The zero-order valence-corrected chi connectivity index (χ0v) is 16.4. The van der Waals surface area contributed by atoms with Crippen LogP contribution in [0.3, 0.4) is 0 Å². The molecule has 4 nitrogen and oxygen atoms in total. The lowest BCUT2D eigenvalue weighted by atomic mass is 10.0. The molecule has 0 spiro atoms. The van der Waals surface area contributed by atoms with Crippen LogP contribution < -0.4 is 10.6 Å². The number of nitrogens with one attached hydrogen (secondary N) is 2. The van der Waals surface area contributed by atoms with Crippen LogP contribution in [0, 0.1) is 12.8 Å². The second-order valence-electron chi connectivity index (χ2n) is 6.44. The van der Waals surface area contributed by atoms with Gasteiger partial charge in [-0.25, -0.2) is 0 Å². The van der Waals surface area contributed by atoms with Gasteiger partial charge in [0.1, 0.15) is 6.04 Å².